The predicted molar refractivity (Wildman–Crippen MR) is 111 cm³/mol. The van der Waals surface area contributed by atoms with E-state index in [0.29, 0.717) is 18.0 Å². The highest BCUT2D eigenvalue weighted by molar-refractivity contribution is 5.63. The number of aromatic nitrogens is 2. The van der Waals surface area contributed by atoms with Crippen molar-refractivity contribution in [3.05, 3.63) is 78.4 Å². The number of hydrazine groups is 1. The predicted octanol–water partition coefficient (Wildman–Crippen LogP) is 3.13. The molecule has 0 aliphatic carbocycles. The Morgan fingerprint density at radius 1 is 1.00 bits per heavy atom. The topological polar surface area (TPSA) is 45.1 Å². The van der Waals surface area contributed by atoms with Crippen LogP contribution in [0.1, 0.15) is 23.9 Å². The second kappa shape index (κ2) is 7.51. The molecule has 5 nitrogen and oxygen atoms in total. The number of imidazole rings is 1. The molecule has 3 unspecified atom stereocenters. The average molecular weight is 374 g/mol. The quantitative estimate of drug-likeness (QED) is 0.738. The molecular weight excluding hydrogens is 346 g/mol. The minimum atomic E-state index is 0.346. The van der Waals surface area contributed by atoms with Crippen molar-refractivity contribution in [2.75, 3.05) is 13.1 Å². The molecule has 2 N–H and O–H groups in total. The van der Waals surface area contributed by atoms with Gasteiger partial charge in [0, 0.05) is 44.5 Å². The van der Waals surface area contributed by atoms with Crippen LogP contribution in [-0.2, 0) is 13.6 Å². The lowest BCUT2D eigenvalue weighted by Gasteiger charge is -2.36. The normalized spacial score (nSPS) is 25.0. The van der Waals surface area contributed by atoms with Gasteiger partial charge < -0.3 is 4.57 Å². The van der Waals surface area contributed by atoms with Gasteiger partial charge in [0.05, 0.1) is 12.6 Å². The lowest BCUT2D eigenvalue weighted by atomic mass is 9.84. The fraction of sp³-hybridized carbons (Fsp3) is 0.348. The van der Waals surface area contributed by atoms with Crippen molar-refractivity contribution in [1.29, 1.82) is 0 Å². The summed E-state index contributed by atoms with van der Waals surface area (Å²) in [7, 11) is 2.07. The van der Waals surface area contributed by atoms with Gasteiger partial charge >= 0.3 is 0 Å². The first-order valence-electron chi connectivity index (χ1n) is 10.1. The van der Waals surface area contributed by atoms with Crippen LogP contribution in [0.15, 0.2) is 67.0 Å². The van der Waals surface area contributed by atoms with E-state index in [2.05, 4.69) is 86.9 Å². The first-order chi connectivity index (χ1) is 13.8. The van der Waals surface area contributed by atoms with Crippen molar-refractivity contribution in [3.8, 4) is 11.1 Å². The van der Waals surface area contributed by atoms with Gasteiger partial charge in [-0.15, -0.1) is 0 Å². The Balaban J connectivity index is 1.31. The summed E-state index contributed by atoms with van der Waals surface area (Å²) < 4.78 is 2.12. The molecule has 0 bridgehead atoms. The second-order valence-corrected chi connectivity index (χ2v) is 8.00. The summed E-state index contributed by atoms with van der Waals surface area (Å²) in [6, 6.07) is 20.5. The largest absolute Gasteiger partial charge is 0.337 e. The number of hydrogen-bond acceptors (Lipinski definition) is 4. The number of nitrogens with zero attached hydrogens (tertiary/aromatic N) is 3. The molecule has 144 valence electrons. The van der Waals surface area contributed by atoms with Gasteiger partial charge in [-0.2, -0.15) is 0 Å². The molecule has 3 atom stereocenters. The maximum atomic E-state index is 4.50. The summed E-state index contributed by atoms with van der Waals surface area (Å²) in [5.41, 5.74) is 11.0. The van der Waals surface area contributed by atoms with Crippen LogP contribution in [0.4, 0.5) is 0 Å². The van der Waals surface area contributed by atoms with E-state index in [-0.39, 0.29) is 0 Å². The number of nitrogens with one attached hydrogen (secondary N) is 2. The third-order valence-electron chi connectivity index (χ3n) is 6.26. The molecule has 2 fully saturated rings. The summed E-state index contributed by atoms with van der Waals surface area (Å²) >= 11 is 0. The van der Waals surface area contributed by atoms with E-state index in [1.54, 1.807) is 0 Å². The molecule has 3 heterocycles. The van der Waals surface area contributed by atoms with Crippen LogP contribution >= 0.6 is 0 Å². The van der Waals surface area contributed by atoms with Crippen molar-refractivity contribution in [3.63, 3.8) is 0 Å². The Kier molecular flexibility index (Phi) is 4.72. The number of piperidine rings is 1. The summed E-state index contributed by atoms with van der Waals surface area (Å²) in [5, 5.41) is 0. The van der Waals surface area contributed by atoms with Crippen LogP contribution in [0.2, 0.25) is 0 Å². The van der Waals surface area contributed by atoms with Gasteiger partial charge in [-0.05, 0) is 23.1 Å². The second-order valence-electron chi connectivity index (χ2n) is 8.00. The SMILES string of the molecule is Cn1ccnc1CN1CCC2NNC(c3ccc(-c4ccccc4)cc3)C2C1. The fourth-order valence-electron chi connectivity index (χ4n) is 4.61. The third kappa shape index (κ3) is 3.37. The van der Waals surface area contributed by atoms with E-state index in [9.17, 15) is 0 Å². The number of hydrogen-bond donors (Lipinski definition) is 2. The maximum Gasteiger partial charge on any atom is 0.122 e. The van der Waals surface area contributed by atoms with Crippen molar-refractivity contribution in [2.45, 2.75) is 25.0 Å². The summed E-state index contributed by atoms with van der Waals surface area (Å²) in [4.78, 5) is 7.05. The van der Waals surface area contributed by atoms with Crippen LogP contribution in [0.25, 0.3) is 11.1 Å². The lowest BCUT2D eigenvalue weighted by molar-refractivity contribution is 0.144. The molecule has 0 amide bonds. The molecule has 2 saturated heterocycles. The van der Waals surface area contributed by atoms with Crippen LogP contribution in [0, 0.1) is 5.92 Å². The molecule has 5 rings (SSSR count). The highest BCUT2D eigenvalue weighted by Gasteiger charge is 2.40. The highest BCUT2D eigenvalue weighted by Crippen LogP contribution is 2.34. The molecule has 2 aliphatic rings. The Morgan fingerprint density at radius 3 is 2.54 bits per heavy atom. The van der Waals surface area contributed by atoms with E-state index in [4.69, 9.17) is 0 Å². The van der Waals surface area contributed by atoms with E-state index in [1.807, 2.05) is 12.4 Å². The monoisotopic (exact) mass is 373 g/mol. The molecule has 0 saturated carbocycles. The fourth-order valence-corrected chi connectivity index (χ4v) is 4.61. The first-order valence-corrected chi connectivity index (χ1v) is 10.1. The third-order valence-corrected chi connectivity index (χ3v) is 6.26. The van der Waals surface area contributed by atoms with Crippen LogP contribution in [0.3, 0.4) is 0 Å². The van der Waals surface area contributed by atoms with Gasteiger partial charge in [0.2, 0.25) is 0 Å². The number of fused-ring (bicyclic) bond motifs is 1. The Morgan fingerprint density at radius 2 is 1.79 bits per heavy atom. The minimum Gasteiger partial charge on any atom is -0.337 e. The van der Waals surface area contributed by atoms with E-state index in [0.717, 1.165) is 25.5 Å². The molecule has 1 aromatic heterocycles. The lowest BCUT2D eigenvalue weighted by Crippen LogP contribution is -2.45. The van der Waals surface area contributed by atoms with Gasteiger partial charge in [0.25, 0.3) is 0 Å². The molecule has 5 heteroatoms. The van der Waals surface area contributed by atoms with Crippen LogP contribution in [-0.4, -0.2) is 33.6 Å². The van der Waals surface area contributed by atoms with E-state index >= 15 is 0 Å². The molecule has 0 radical (unpaired) electrons. The van der Waals surface area contributed by atoms with Gasteiger partial charge in [-0.3, -0.25) is 10.3 Å². The Hall–Kier alpha value is -2.47. The number of aryl methyl sites for hydroxylation is 1. The Bertz CT molecular complexity index is 918. The summed E-state index contributed by atoms with van der Waals surface area (Å²) in [6.45, 7) is 3.12. The molecule has 0 spiro atoms. The van der Waals surface area contributed by atoms with Gasteiger partial charge in [-0.1, -0.05) is 54.6 Å². The Labute approximate surface area is 166 Å². The molecule has 2 aliphatic heterocycles. The average Bonchev–Trinajstić information content (AvgIpc) is 3.35. The number of rotatable bonds is 4. The smallest absolute Gasteiger partial charge is 0.122 e. The van der Waals surface area contributed by atoms with Crippen LogP contribution in [0.5, 0.6) is 0 Å². The molecular formula is C23H27N5. The number of benzene rings is 2. The maximum absolute atomic E-state index is 4.50. The summed E-state index contributed by atoms with van der Waals surface area (Å²) in [6.07, 6.45) is 5.08. The van der Waals surface area contributed by atoms with Crippen molar-refractivity contribution in [2.24, 2.45) is 13.0 Å². The van der Waals surface area contributed by atoms with E-state index in [1.165, 1.54) is 23.1 Å². The molecule has 3 aromatic rings. The number of likely N-dealkylation sites (tertiary alicyclic amines) is 1. The van der Waals surface area contributed by atoms with Crippen molar-refractivity contribution in [1.82, 2.24) is 25.3 Å². The van der Waals surface area contributed by atoms with E-state index < -0.39 is 0 Å². The van der Waals surface area contributed by atoms with Crippen molar-refractivity contribution < 1.29 is 0 Å². The molecule has 28 heavy (non-hydrogen) atoms. The van der Waals surface area contributed by atoms with Gasteiger partial charge in [0.15, 0.2) is 0 Å². The van der Waals surface area contributed by atoms with Gasteiger partial charge in [-0.25, -0.2) is 10.4 Å². The zero-order valence-electron chi connectivity index (χ0n) is 16.3. The summed E-state index contributed by atoms with van der Waals surface area (Å²) in [5.74, 6) is 1.71. The zero-order valence-corrected chi connectivity index (χ0v) is 16.3. The molecule has 2 aromatic carbocycles. The van der Waals surface area contributed by atoms with Crippen molar-refractivity contribution >= 4 is 0 Å². The minimum absolute atomic E-state index is 0.346. The first kappa shape index (κ1) is 17.6. The highest BCUT2D eigenvalue weighted by atomic mass is 15.4. The van der Waals surface area contributed by atoms with Crippen LogP contribution < -0.4 is 10.9 Å². The van der Waals surface area contributed by atoms with Gasteiger partial charge in [0.1, 0.15) is 5.82 Å². The zero-order chi connectivity index (χ0) is 18.9. The standard InChI is InChI=1S/C23H27N5/c1-27-14-12-24-22(27)16-28-13-11-21-20(15-28)23(26-25-21)19-9-7-18(8-10-19)17-5-3-2-4-6-17/h2-10,12,14,20-21,23,25-26H,11,13,15-16H2,1H3.